The van der Waals surface area contributed by atoms with Gasteiger partial charge in [-0.3, -0.25) is 9.59 Å². The zero-order valence-corrected chi connectivity index (χ0v) is 10.1. The van der Waals surface area contributed by atoms with Crippen LogP contribution in [0.4, 0.5) is 0 Å². The Morgan fingerprint density at radius 3 is 2.83 bits per heavy atom. The maximum absolute atomic E-state index is 12.3. The van der Waals surface area contributed by atoms with Gasteiger partial charge >= 0.3 is 5.97 Å². The Hall–Kier alpha value is -1.40. The molecule has 1 heterocycles. The molecule has 18 heavy (non-hydrogen) atoms. The third kappa shape index (κ3) is 2.88. The van der Waals surface area contributed by atoms with E-state index in [4.69, 9.17) is 15.6 Å². The Balaban J connectivity index is 2.02. The van der Waals surface area contributed by atoms with Gasteiger partial charge in [-0.05, 0) is 6.42 Å². The average molecular weight is 254 g/mol. The van der Waals surface area contributed by atoms with Crippen LogP contribution in [0.5, 0.6) is 0 Å². The second-order valence-corrected chi connectivity index (χ2v) is 4.75. The minimum Gasteiger partial charge on any atom is -0.481 e. The van der Waals surface area contributed by atoms with Crippen LogP contribution in [0.25, 0.3) is 0 Å². The molecule has 3 N–H and O–H groups in total. The van der Waals surface area contributed by atoms with E-state index in [1.807, 2.05) is 12.2 Å². The number of aliphatic carboxylic acids is 1. The van der Waals surface area contributed by atoms with Gasteiger partial charge in [0.2, 0.25) is 5.91 Å². The van der Waals surface area contributed by atoms with Crippen molar-refractivity contribution < 1.29 is 19.4 Å². The number of amides is 1. The highest BCUT2D eigenvalue weighted by Crippen LogP contribution is 2.22. The number of ether oxygens (including phenoxy) is 1. The quantitative estimate of drug-likeness (QED) is 0.668. The molecule has 1 fully saturated rings. The molecule has 6 nitrogen and oxygen atoms in total. The van der Waals surface area contributed by atoms with Crippen molar-refractivity contribution >= 4 is 11.9 Å². The molecule has 1 aliphatic carbocycles. The molecule has 3 unspecified atom stereocenters. The summed E-state index contributed by atoms with van der Waals surface area (Å²) in [6.45, 7) is 1.21. The predicted octanol–water partition coefficient (Wildman–Crippen LogP) is -0.408. The van der Waals surface area contributed by atoms with Gasteiger partial charge < -0.3 is 20.5 Å². The van der Waals surface area contributed by atoms with Crippen molar-refractivity contribution in [2.45, 2.75) is 24.9 Å². The lowest BCUT2D eigenvalue weighted by Gasteiger charge is -2.36. The number of morpholine rings is 1. The Bertz CT molecular complexity index is 369. The van der Waals surface area contributed by atoms with Crippen molar-refractivity contribution in [1.82, 2.24) is 4.90 Å². The molecule has 1 saturated heterocycles. The highest BCUT2D eigenvalue weighted by molar-refractivity contribution is 5.82. The Morgan fingerprint density at radius 1 is 1.44 bits per heavy atom. The Morgan fingerprint density at radius 2 is 2.22 bits per heavy atom. The topological polar surface area (TPSA) is 92.9 Å². The summed E-state index contributed by atoms with van der Waals surface area (Å²) in [5.41, 5.74) is 5.73. The molecular weight excluding hydrogens is 236 g/mol. The number of hydrogen-bond acceptors (Lipinski definition) is 4. The van der Waals surface area contributed by atoms with Gasteiger partial charge in [-0.1, -0.05) is 12.2 Å². The number of carbonyl (C=O) groups excluding carboxylic acids is 1. The summed E-state index contributed by atoms with van der Waals surface area (Å²) in [5.74, 6) is -1.16. The fourth-order valence-electron chi connectivity index (χ4n) is 2.44. The number of rotatable bonds is 3. The van der Waals surface area contributed by atoms with Crippen molar-refractivity contribution in [2.75, 3.05) is 19.8 Å². The molecule has 0 spiro atoms. The molecule has 0 aromatic carbocycles. The average Bonchev–Trinajstić information content (AvgIpc) is 2.75. The minimum absolute atomic E-state index is 0.0336. The molecule has 1 amide bonds. The van der Waals surface area contributed by atoms with Crippen LogP contribution in [0, 0.1) is 5.92 Å². The lowest BCUT2D eigenvalue weighted by atomic mass is 10.0. The summed E-state index contributed by atoms with van der Waals surface area (Å²) in [6, 6.07) is -0.438. The smallest absolute Gasteiger partial charge is 0.305 e. The zero-order chi connectivity index (χ0) is 13.1. The minimum atomic E-state index is -0.915. The van der Waals surface area contributed by atoms with Crippen LogP contribution in [-0.2, 0) is 14.3 Å². The van der Waals surface area contributed by atoms with E-state index in [0.29, 0.717) is 26.2 Å². The monoisotopic (exact) mass is 254 g/mol. The number of carboxylic acids is 1. The van der Waals surface area contributed by atoms with Gasteiger partial charge in [0, 0.05) is 12.6 Å². The van der Waals surface area contributed by atoms with Crippen LogP contribution in [0.15, 0.2) is 12.2 Å². The Labute approximate surface area is 105 Å². The summed E-state index contributed by atoms with van der Waals surface area (Å²) in [6.07, 6.45) is 4.18. The molecule has 0 bridgehead atoms. The maximum Gasteiger partial charge on any atom is 0.305 e. The van der Waals surface area contributed by atoms with Crippen molar-refractivity contribution in [3.63, 3.8) is 0 Å². The number of hydrogen-bond donors (Lipinski definition) is 2. The van der Waals surface area contributed by atoms with Crippen molar-refractivity contribution in [2.24, 2.45) is 11.7 Å². The van der Waals surface area contributed by atoms with E-state index in [0.717, 1.165) is 0 Å². The summed E-state index contributed by atoms with van der Waals surface area (Å²) in [4.78, 5) is 24.7. The number of nitrogens with two attached hydrogens (primary N) is 1. The van der Waals surface area contributed by atoms with Crippen LogP contribution < -0.4 is 5.73 Å². The van der Waals surface area contributed by atoms with E-state index in [-0.39, 0.29) is 30.3 Å². The third-order valence-corrected chi connectivity index (χ3v) is 3.35. The van der Waals surface area contributed by atoms with E-state index < -0.39 is 5.97 Å². The molecule has 1 aliphatic heterocycles. The molecule has 0 radical (unpaired) electrons. The predicted molar refractivity (Wildman–Crippen MR) is 63.8 cm³/mol. The van der Waals surface area contributed by atoms with E-state index in [2.05, 4.69) is 0 Å². The maximum atomic E-state index is 12.3. The second kappa shape index (κ2) is 5.49. The largest absolute Gasteiger partial charge is 0.481 e. The summed E-state index contributed by atoms with van der Waals surface area (Å²) < 4.78 is 5.25. The summed E-state index contributed by atoms with van der Waals surface area (Å²) >= 11 is 0. The molecule has 3 atom stereocenters. The normalized spacial score (nSPS) is 31.6. The van der Waals surface area contributed by atoms with Gasteiger partial charge in [-0.25, -0.2) is 0 Å². The number of nitrogens with zero attached hydrogens (tertiary/aromatic N) is 1. The lowest BCUT2D eigenvalue weighted by Crippen LogP contribution is -2.51. The fourth-order valence-corrected chi connectivity index (χ4v) is 2.44. The van der Waals surface area contributed by atoms with Crippen LogP contribution in [0.2, 0.25) is 0 Å². The molecule has 0 saturated carbocycles. The van der Waals surface area contributed by atoms with Gasteiger partial charge in [0.25, 0.3) is 0 Å². The van der Waals surface area contributed by atoms with Gasteiger partial charge in [0.15, 0.2) is 0 Å². The van der Waals surface area contributed by atoms with Crippen LogP contribution in [-0.4, -0.2) is 53.7 Å². The molecule has 100 valence electrons. The van der Waals surface area contributed by atoms with Crippen molar-refractivity contribution in [3.8, 4) is 0 Å². The van der Waals surface area contributed by atoms with Crippen LogP contribution >= 0.6 is 0 Å². The molecule has 6 heteroatoms. The zero-order valence-electron chi connectivity index (χ0n) is 10.1. The van der Waals surface area contributed by atoms with E-state index in [1.165, 1.54) is 0 Å². The van der Waals surface area contributed by atoms with E-state index in [1.54, 1.807) is 4.90 Å². The van der Waals surface area contributed by atoms with Crippen molar-refractivity contribution in [1.29, 1.82) is 0 Å². The second-order valence-electron chi connectivity index (χ2n) is 4.75. The lowest BCUT2D eigenvalue weighted by molar-refractivity contribution is -0.148. The van der Waals surface area contributed by atoms with Gasteiger partial charge in [-0.15, -0.1) is 0 Å². The highest BCUT2D eigenvalue weighted by Gasteiger charge is 2.34. The standard InChI is InChI=1S/C12H18N2O4/c13-9-2-1-8(5-9)12(17)14-3-4-18-7-10(14)6-11(15)16/h1-2,8-10H,3-7,13H2,(H,15,16). The number of carboxylic acid groups (broad SMARTS) is 1. The van der Waals surface area contributed by atoms with Crippen LogP contribution in [0.3, 0.4) is 0 Å². The number of carbonyl (C=O) groups is 2. The molecule has 2 aliphatic rings. The van der Waals surface area contributed by atoms with Gasteiger partial charge in [0.05, 0.1) is 31.6 Å². The SMILES string of the molecule is NC1C=CC(C(=O)N2CCOCC2CC(=O)O)C1. The molecule has 0 aromatic rings. The van der Waals surface area contributed by atoms with Crippen molar-refractivity contribution in [3.05, 3.63) is 12.2 Å². The van der Waals surface area contributed by atoms with Crippen LogP contribution in [0.1, 0.15) is 12.8 Å². The molecule has 0 aromatic heterocycles. The Kier molecular flexibility index (Phi) is 3.98. The van der Waals surface area contributed by atoms with E-state index >= 15 is 0 Å². The van der Waals surface area contributed by atoms with Gasteiger partial charge in [-0.2, -0.15) is 0 Å². The van der Waals surface area contributed by atoms with E-state index in [9.17, 15) is 9.59 Å². The van der Waals surface area contributed by atoms with Gasteiger partial charge in [0.1, 0.15) is 0 Å². The summed E-state index contributed by atoms with van der Waals surface area (Å²) in [7, 11) is 0. The first-order valence-corrected chi connectivity index (χ1v) is 6.12. The third-order valence-electron chi connectivity index (χ3n) is 3.35. The first kappa shape index (κ1) is 13.0. The first-order chi connectivity index (χ1) is 8.58. The highest BCUT2D eigenvalue weighted by atomic mass is 16.5. The fraction of sp³-hybridized carbons (Fsp3) is 0.667. The molecule has 2 rings (SSSR count). The first-order valence-electron chi connectivity index (χ1n) is 6.12. The summed E-state index contributed by atoms with van der Waals surface area (Å²) in [5, 5.41) is 8.85. The molecular formula is C12H18N2O4.